The van der Waals surface area contributed by atoms with Crippen LogP contribution in [-0.2, 0) is 0 Å². The van der Waals surface area contributed by atoms with Crippen LogP contribution < -0.4 is 0 Å². The molecule has 0 N–H and O–H groups in total. The van der Waals surface area contributed by atoms with E-state index in [1.807, 2.05) is 0 Å². The van der Waals surface area contributed by atoms with Crippen LogP contribution in [0, 0.1) is 52.4 Å². The van der Waals surface area contributed by atoms with Gasteiger partial charge in [-0.2, -0.15) is 0 Å². The Labute approximate surface area is 120 Å². The van der Waals surface area contributed by atoms with E-state index >= 15 is 0 Å². The highest BCUT2D eigenvalue weighted by atomic mass is 35.5. The first kappa shape index (κ1) is 16.5. The number of hydrogen-bond donors (Lipinski definition) is 0. The van der Waals surface area contributed by atoms with Gasteiger partial charge in [0.25, 0.3) is 0 Å². The summed E-state index contributed by atoms with van der Waals surface area (Å²) < 4.78 is 119. The van der Waals surface area contributed by atoms with E-state index in [0.29, 0.717) is 0 Å². The number of hydrogen-bond acceptors (Lipinski definition) is 0. The Hall–Kier alpha value is -1.90. The molecule has 0 fully saturated rings. The van der Waals surface area contributed by atoms with E-state index in [9.17, 15) is 39.5 Å². The fourth-order valence-corrected chi connectivity index (χ4v) is 1.81. The summed E-state index contributed by atoms with van der Waals surface area (Å²) >= 11 is 4.89. The Morgan fingerprint density at radius 2 is 0.591 bits per heavy atom. The molecule has 0 aliphatic carbocycles. The van der Waals surface area contributed by atoms with Gasteiger partial charge >= 0.3 is 0 Å². The van der Waals surface area contributed by atoms with Crippen molar-refractivity contribution in [2.75, 3.05) is 0 Å². The predicted molar refractivity (Wildman–Crippen MR) is 56.5 cm³/mol. The molecular formula is C12ClF9. The van der Waals surface area contributed by atoms with Crippen LogP contribution in [0.3, 0.4) is 0 Å². The summed E-state index contributed by atoms with van der Waals surface area (Å²) in [5.74, 6) is -22.3. The SMILES string of the molecule is Fc1c(F)c(F)c(-c2c(F)c(F)c(Cl)c(F)c2F)c(F)c1F. The van der Waals surface area contributed by atoms with Gasteiger partial charge in [-0.05, 0) is 0 Å². The van der Waals surface area contributed by atoms with Crippen molar-refractivity contribution in [3.63, 3.8) is 0 Å². The van der Waals surface area contributed by atoms with Crippen molar-refractivity contribution in [3.8, 4) is 11.1 Å². The van der Waals surface area contributed by atoms with Gasteiger partial charge in [-0.25, -0.2) is 39.5 Å². The first-order valence-corrected chi connectivity index (χ1v) is 5.52. The summed E-state index contributed by atoms with van der Waals surface area (Å²) in [6, 6.07) is 0. The average molecular weight is 351 g/mol. The summed E-state index contributed by atoms with van der Waals surface area (Å²) in [5, 5.41) is -1.68. The highest BCUT2D eigenvalue weighted by Gasteiger charge is 2.33. The molecule has 2 aromatic rings. The van der Waals surface area contributed by atoms with Crippen LogP contribution in [0.1, 0.15) is 0 Å². The highest BCUT2D eigenvalue weighted by molar-refractivity contribution is 6.31. The van der Waals surface area contributed by atoms with Crippen molar-refractivity contribution >= 4 is 11.6 Å². The lowest BCUT2D eigenvalue weighted by atomic mass is 10.0. The standard InChI is InChI=1S/C12ClF9/c13-3-8(18)4(14)1(5(15)9(3)19)2-6(16)10(20)12(22)11(21)7(2)17. The first-order chi connectivity index (χ1) is 10.1. The van der Waals surface area contributed by atoms with Crippen molar-refractivity contribution in [2.24, 2.45) is 0 Å². The molecule has 0 atom stereocenters. The number of rotatable bonds is 1. The molecule has 10 heteroatoms. The van der Waals surface area contributed by atoms with Gasteiger partial charge in [0, 0.05) is 0 Å². The molecule has 2 rings (SSSR count). The fourth-order valence-electron chi connectivity index (χ4n) is 1.65. The summed E-state index contributed by atoms with van der Waals surface area (Å²) in [4.78, 5) is 0. The summed E-state index contributed by atoms with van der Waals surface area (Å²) in [5.41, 5.74) is -4.26. The molecule has 0 spiro atoms. The second-order valence-electron chi connectivity index (χ2n) is 3.89. The Morgan fingerprint density at radius 3 is 0.909 bits per heavy atom. The molecule has 0 unspecified atom stereocenters. The normalized spacial score (nSPS) is 11.2. The quantitative estimate of drug-likeness (QED) is 0.374. The monoisotopic (exact) mass is 350 g/mol. The third kappa shape index (κ3) is 2.11. The largest absolute Gasteiger partial charge is 0.203 e. The molecule has 118 valence electrons. The third-order valence-corrected chi connectivity index (χ3v) is 3.00. The minimum Gasteiger partial charge on any atom is -0.203 e. The van der Waals surface area contributed by atoms with Crippen molar-refractivity contribution in [3.05, 3.63) is 57.4 Å². The van der Waals surface area contributed by atoms with E-state index < -0.39 is 68.5 Å². The zero-order valence-electron chi connectivity index (χ0n) is 9.78. The van der Waals surface area contributed by atoms with Gasteiger partial charge < -0.3 is 0 Å². The van der Waals surface area contributed by atoms with Gasteiger partial charge in [-0.1, -0.05) is 11.6 Å². The van der Waals surface area contributed by atoms with Crippen LogP contribution in [0.4, 0.5) is 39.5 Å². The first-order valence-electron chi connectivity index (χ1n) is 5.14. The minimum atomic E-state index is -2.62. The molecule has 0 bridgehead atoms. The van der Waals surface area contributed by atoms with Gasteiger partial charge in [0.15, 0.2) is 46.5 Å². The lowest BCUT2D eigenvalue weighted by molar-refractivity contribution is 0.379. The van der Waals surface area contributed by atoms with Crippen molar-refractivity contribution < 1.29 is 39.5 Å². The van der Waals surface area contributed by atoms with Crippen LogP contribution in [0.25, 0.3) is 11.1 Å². The van der Waals surface area contributed by atoms with E-state index in [0.717, 1.165) is 0 Å². The summed E-state index contributed by atoms with van der Waals surface area (Å²) in [6.07, 6.45) is 0. The van der Waals surface area contributed by atoms with Gasteiger partial charge in [0.2, 0.25) is 5.82 Å². The number of halogens is 10. The van der Waals surface area contributed by atoms with Crippen molar-refractivity contribution in [1.29, 1.82) is 0 Å². The highest BCUT2D eigenvalue weighted by Crippen LogP contribution is 2.38. The van der Waals surface area contributed by atoms with Gasteiger partial charge in [0.05, 0.1) is 11.1 Å². The van der Waals surface area contributed by atoms with E-state index in [1.54, 1.807) is 0 Å². The van der Waals surface area contributed by atoms with E-state index in [1.165, 1.54) is 0 Å². The third-order valence-electron chi connectivity index (χ3n) is 2.67. The molecule has 0 saturated carbocycles. The van der Waals surface area contributed by atoms with Crippen LogP contribution >= 0.6 is 11.6 Å². The summed E-state index contributed by atoms with van der Waals surface area (Å²) in [7, 11) is 0. The Kier molecular flexibility index (Phi) is 4.03. The van der Waals surface area contributed by atoms with Crippen LogP contribution in [-0.4, -0.2) is 0 Å². The van der Waals surface area contributed by atoms with E-state index in [-0.39, 0.29) is 0 Å². The van der Waals surface area contributed by atoms with Gasteiger partial charge in [0.1, 0.15) is 5.02 Å². The second-order valence-corrected chi connectivity index (χ2v) is 4.27. The lowest BCUT2D eigenvalue weighted by Gasteiger charge is -2.12. The molecule has 0 aromatic heterocycles. The lowest BCUT2D eigenvalue weighted by Crippen LogP contribution is -2.08. The van der Waals surface area contributed by atoms with Crippen LogP contribution in [0.15, 0.2) is 0 Å². The van der Waals surface area contributed by atoms with Crippen molar-refractivity contribution in [1.82, 2.24) is 0 Å². The Morgan fingerprint density at radius 1 is 0.364 bits per heavy atom. The minimum absolute atomic E-state index is 1.68. The maximum absolute atomic E-state index is 13.6. The number of benzene rings is 2. The molecule has 2 aromatic carbocycles. The molecule has 0 saturated heterocycles. The molecule has 0 amide bonds. The molecule has 0 aliphatic rings. The van der Waals surface area contributed by atoms with E-state index in [4.69, 9.17) is 11.6 Å². The average Bonchev–Trinajstić information content (AvgIpc) is 2.50. The van der Waals surface area contributed by atoms with Crippen molar-refractivity contribution in [2.45, 2.75) is 0 Å². The zero-order valence-corrected chi connectivity index (χ0v) is 10.5. The van der Waals surface area contributed by atoms with Crippen LogP contribution in [0.2, 0.25) is 5.02 Å². The van der Waals surface area contributed by atoms with Gasteiger partial charge in [-0.15, -0.1) is 0 Å². The summed E-state index contributed by atoms with van der Waals surface area (Å²) in [6.45, 7) is 0. The Balaban J connectivity index is 3.03. The van der Waals surface area contributed by atoms with Crippen LogP contribution in [0.5, 0.6) is 0 Å². The maximum atomic E-state index is 13.6. The molecule has 0 heterocycles. The zero-order chi connectivity index (χ0) is 16.9. The fraction of sp³-hybridized carbons (Fsp3) is 0. The molecule has 22 heavy (non-hydrogen) atoms. The molecular weight excluding hydrogens is 351 g/mol. The maximum Gasteiger partial charge on any atom is 0.200 e. The Bertz CT molecular complexity index is 675. The molecule has 0 aliphatic heterocycles. The second kappa shape index (κ2) is 5.38. The topological polar surface area (TPSA) is 0 Å². The molecule has 0 radical (unpaired) electrons. The van der Waals surface area contributed by atoms with Gasteiger partial charge in [-0.3, -0.25) is 0 Å². The van der Waals surface area contributed by atoms with E-state index in [2.05, 4.69) is 0 Å². The smallest absolute Gasteiger partial charge is 0.200 e. The predicted octanol–water partition coefficient (Wildman–Crippen LogP) is 5.26. The molecule has 0 nitrogen and oxygen atoms in total.